The second-order valence-corrected chi connectivity index (χ2v) is 10.6. The molecule has 0 saturated carbocycles. The van der Waals surface area contributed by atoms with Crippen molar-refractivity contribution in [2.75, 3.05) is 19.8 Å². The van der Waals surface area contributed by atoms with Crippen molar-refractivity contribution in [3.8, 4) is 17.6 Å². The first-order chi connectivity index (χ1) is 17.5. The molecule has 0 radical (unpaired) electrons. The molecule has 1 N–H and O–H groups in total. The summed E-state index contributed by atoms with van der Waals surface area (Å²) in [4.78, 5) is 24.1. The van der Waals surface area contributed by atoms with E-state index in [1.165, 1.54) is 5.56 Å². The van der Waals surface area contributed by atoms with Gasteiger partial charge in [-0.25, -0.2) is 4.79 Å². The summed E-state index contributed by atoms with van der Waals surface area (Å²) in [5.41, 5.74) is 3.40. The molecule has 0 aliphatic carbocycles. The predicted octanol–water partition coefficient (Wildman–Crippen LogP) is 5.10. The molecule has 37 heavy (non-hydrogen) atoms. The van der Waals surface area contributed by atoms with Gasteiger partial charge in [0.05, 0.1) is 13.2 Å². The number of ether oxygens (including phenoxy) is 3. The Labute approximate surface area is 219 Å². The molecule has 0 bridgehead atoms. The summed E-state index contributed by atoms with van der Waals surface area (Å²) in [5, 5.41) is 9.72. The largest absolute Gasteiger partial charge is 0.494 e. The van der Waals surface area contributed by atoms with Gasteiger partial charge < -0.3 is 19.3 Å². The number of benzene rings is 2. The van der Waals surface area contributed by atoms with Gasteiger partial charge in [-0.1, -0.05) is 50.3 Å². The first-order valence-electron chi connectivity index (χ1n) is 12.5. The lowest BCUT2D eigenvalue weighted by atomic mass is 9.87. The fraction of sp³-hybridized carbons (Fsp3) is 0.419. The predicted molar refractivity (Wildman–Crippen MR) is 142 cm³/mol. The molecule has 1 aliphatic heterocycles. The maximum atomic E-state index is 12.1. The molecule has 3 rings (SSSR count). The minimum atomic E-state index is -1.20. The molecule has 6 heteroatoms. The first-order valence-corrected chi connectivity index (χ1v) is 12.5. The van der Waals surface area contributed by atoms with Crippen LogP contribution < -0.4 is 4.74 Å². The van der Waals surface area contributed by atoms with Crippen molar-refractivity contribution in [2.45, 2.75) is 64.9 Å². The highest BCUT2D eigenvalue weighted by Crippen LogP contribution is 2.33. The molecule has 1 atom stereocenters. The first kappa shape index (κ1) is 28.0. The molecular formula is C31H36O6. The van der Waals surface area contributed by atoms with Crippen molar-refractivity contribution in [1.82, 2.24) is 0 Å². The number of cyclic esters (lactones) is 1. The summed E-state index contributed by atoms with van der Waals surface area (Å²) in [6, 6.07) is 15.8. The standard InChI is InChI=1S/C31H36O6/c1-22(2)27-19-31(20-32,37-29(27)34)21-36-28(33)7-6-18-35-26-16-12-24(13-17-26)9-8-23-10-14-25(15-11-23)30(3,4)5/h10-17,32H,6-7,18-21H2,1-5H3/t31-/m1/s1. The number of hydrogen-bond acceptors (Lipinski definition) is 6. The van der Waals surface area contributed by atoms with Crippen LogP contribution in [0.4, 0.5) is 0 Å². The topological polar surface area (TPSA) is 82.1 Å². The molecule has 2 aromatic carbocycles. The molecule has 1 heterocycles. The van der Waals surface area contributed by atoms with Crippen LogP contribution in [0.5, 0.6) is 5.75 Å². The molecular weight excluding hydrogens is 468 g/mol. The molecule has 0 aromatic heterocycles. The zero-order chi connectivity index (χ0) is 27.1. The van der Waals surface area contributed by atoms with Gasteiger partial charge in [-0.3, -0.25) is 4.79 Å². The van der Waals surface area contributed by atoms with E-state index in [9.17, 15) is 14.7 Å². The second-order valence-electron chi connectivity index (χ2n) is 10.6. The Morgan fingerprint density at radius 2 is 1.62 bits per heavy atom. The van der Waals surface area contributed by atoms with Crippen molar-refractivity contribution < 1.29 is 28.9 Å². The second kappa shape index (κ2) is 12.1. The Morgan fingerprint density at radius 1 is 1.03 bits per heavy atom. The van der Waals surface area contributed by atoms with E-state index in [4.69, 9.17) is 14.2 Å². The fourth-order valence-electron chi connectivity index (χ4n) is 3.81. The van der Waals surface area contributed by atoms with Gasteiger partial charge in [-0.2, -0.15) is 0 Å². The summed E-state index contributed by atoms with van der Waals surface area (Å²) in [6.07, 6.45) is 0.851. The Morgan fingerprint density at radius 3 is 2.14 bits per heavy atom. The average Bonchev–Trinajstić information content (AvgIpc) is 3.22. The Balaban J connectivity index is 1.40. The van der Waals surface area contributed by atoms with E-state index in [1.807, 2.05) is 50.2 Å². The van der Waals surface area contributed by atoms with Crippen LogP contribution in [0.25, 0.3) is 0 Å². The highest BCUT2D eigenvalue weighted by atomic mass is 16.6. The molecule has 0 spiro atoms. The molecule has 1 fully saturated rings. The summed E-state index contributed by atoms with van der Waals surface area (Å²) in [7, 11) is 0. The SMILES string of the molecule is CC(C)=C1C[C@@](CO)(COC(=O)CCCOc2ccc(C#Cc3ccc(C(C)(C)C)cc3)cc2)OC1=O. The van der Waals surface area contributed by atoms with E-state index in [1.54, 1.807) is 0 Å². The van der Waals surface area contributed by atoms with E-state index in [0.29, 0.717) is 24.4 Å². The summed E-state index contributed by atoms with van der Waals surface area (Å²) < 4.78 is 16.3. The lowest BCUT2D eigenvalue weighted by Gasteiger charge is -2.24. The summed E-state index contributed by atoms with van der Waals surface area (Å²) in [6.45, 7) is 9.95. The minimum Gasteiger partial charge on any atom is -0.494 e. The van der Waals surface area contributed by atoms with Crippen LogP contribution in [-0.2, 0) is 24.5 Å². The van der Waals surface area contributed by atoms with E-state index in [0.717, 1.165) is 16.7 Å². The van der Waals surface area contributed by atoms with Crippen LogP contribution in [0.2, 0.25) is 0 Å². The van der Waals surface area contributed by atoms with E-state index in [2.05, 4.69) is 44.7 Å². The molecule has 1 saturated heterocycles. The van der Waals surface area contributed by atoms with Crippen LogP contribution in [0, 0.1) is 11.8 Å². The molecule has 2 aromatic rings. The van der Waals surface area contributed by atoms with Gasteiger partial charge in [0.15, 0.2) is 5.60 Å². The lowest BCUT2D eigenvalue weighted by Crippen LogP contribution is -2.39. The third-order valence-electron chi connectivity index (χ3n) is 6.19. The lowest BCUT2D eigenvalue weighted by molar-refractivity contribution is -0.166. The zero-order valence-corrected chi connectivity index (χ0v) is 22.3. The smallest absolute Gasteiger partial charge is 0.334 e. The Hall–Kier alpha value is -3.56. The number of aliphatic hydroxyl groups is 1. The quantitative estimate of drug-likeness (QED) is 0.233. The number of esters is 2. The monoisotopic (exact) mass is 504 g/mol. The normalized spacial score (nSPS) is 17.0. The molecule has 0 amide bonds. The van der Waals surface area contributed by atoms with Crippen molar-refractivity contribution in [3.63, 3.8) is 0 Å². The summed E-state index contributed by atoms with van der Waals surface area (Å²) in [5.74, 6) is 6.15. The van der Waals surface area contributed by atoms with Crippen LogP contribution in [0.3, 0.4) is 0 Å². The van der Waals surface area contributed by atoms with Crippen molar-refractivity contribution in [3.05, 3.63) is 76.4 Å². The van der Waals surface area contributed by atoms with E-state index >= 15 is 0 Å². The van der Waals surface area contributed by atoms with Gasteiger partial charge >= 0.3 is 11.9 Å². The maximum absolute atomic E-state index is 12.1. The van der Waals surface area contributed by atoms with Crippen LogP contribution in [-0.4, -0.2) is 42.5 Å². The summed E-state index contributed by atoms with van der Waals surface area (Å²) >= 11 is 0. The fourth-order valence-corrected chi connectivity index (χ4v) is 3.81. The zero-order valence-electron chi connectivity index (χ0n) is 22.3. The minimum absolute atomic E-state index is 0.118. The molecule has 196 valence electrons. The van der Waals surface area contributed by atoms with Gasteiger partial charge in [-0.15, -0.1) is 0 Å². The van der Waals surface area contributed by atoms with Gasteiger partial charge in [0.25, 0.3) is 0 Å². The number of carbonyl (C=O) groups excluding carboxylic acids is 2. The van der Waals surface area contributed by atoms with E-state index in [-0.39, 0.29) is 24.9 Å². The highest BCUT2D eigenvalue weighted by molar-refractivity contribution is 5.92. The average molecular weight is 505 g/mol. The van der Waals surface area contributed by atoms with Crippen molar-refractivity contribution in [1.29, 1.82) is 0 Å². The molecule has 6 nitrogen and oxygen atoms in total. The number of aliphatic hydroxyl groups excluding tert-OH is 1. The number of hydrogen-bond donors (Lipinski definition) is 1. The highest BCUT2D eigenvalue weighted by Gasteiger charge is 2.45. The van der Waals surface area contributed by atoms with Gasteiger partial charge in [-0.05, 0) is 67.6 Å². The Bertz CT molecular complexity index is 1190. The van der Waals surface area contributed by atoms with Gasteiger partial charge in [0.2, 0.25) is 0 Å². The van der Waals surface area contributed by atoms with Gasteiger partial charge in [0.1, 0.15) is 12.4 Å². The molecule has 0 unspecified atom stereocenters. The van der Waals surface area contributed by atoms with Crippen LogP contribution in [0.1, 0.15) is 70.6 Å². The maximum Gasteiger partial charge on any atom is 0.334 e. The van der Waals surface area contributed by atoms with Crippen molar-refractivity contribution >= 4 is 11.9 Å². The molecule has 1 aliphatic rings. The van der Waals surface area contributed by atoms with Crippen LogP contribution in [0.15, 0.2) is 59.7 Å². The number of carbonyl (C=O) groups is 2. The number of allylic oxidation sites excluding steroid dienone is 1. The Kier molecular flexibility index (Phi) is 9.18. The van der Waals surface area contributed by atoms with Crippen molar-refractivity contribution in [2.24, 2.45) is 0 Å². The van der Waals surface area contributed by atoms with Crippen LogP contribution >= 0.6 is 0 Å². The third kappa shape index (κ3) is 7.96. The number of rotatable bonds is 8. The van der Waals surface area contributed by atoms with E-state index < -0.39 is 24.1 Å². The van der Waals surface area contributed by atoms with Gasteiger partial charge in [0, 0.05) is 29.5 Å². The third-order valence-corrected chi connectivity index (χ3v) is 6.19.